The lowest BCUT2D eigenvalue weighted by Crippen LogP contribution is -1.99. The second-order valence-electron chi connectivity index (χ2n) is 2.90. The van der Waals surface area contributed by atoms with Crippen LogP contribution in [-0.4, -0.2) is 21.5 Å². The monoisotopic (exact) mass is 168 g/mol. The average Bonchev–Trinajstić information content (AvgIpc) is 2.43. The SMILES string of the molecule is CCn1ncc(CCCO)c1C. The van der Waals surface area contributed by atoms with Crippen molar-refractivity contribution in [3.63, 3.8) is 0 Å². The van der Waals surface area contributed by atoms with Crippen LogP contribution in [0.15, 0.2) is 6.20 Å². The van der Waals surface area contributed by atoms with E-state index in [0.29, 0.717) is 0 Å². The highest BCUT2D eigenvalue weighted by Gasteiger charge is 2.03. The highest BCUT2D eigenvalue weighted by atomic mass is 16.2. The Morgan fingerprint density at radius 1 is 1.58 bits per heavy atom. The first-order valence-corrected chi connectivity index (χ1v) is 4.41. The molecule has 0 aliphatic rings. The van der Waals surface area contributed by atoms with Crippen molar-refractivity contribution in [3.05, 3.63) is 17.5 Å². The van der Waals surface area contributed by atoms with Crippen LogP contribution >= 0.6 is 0 Å². The van der Waals surface area contributed by atoms with Crippen molar-refractivity contribution in [1.29, 1.82) is 0 Å². The Morgan fingerprint density at radius 2 is 2.33 bits per heavy atom. The maximum Gasteiger partial charge on any atom is 0.0524 e. The van der Waals surface area contributed by atoms with Crippen molar-refractivity contribution in [1.82, 2.24) is 9.78 Å². The van der Waals surface area contributed by atoms with Gasteiger partial charge in [-0.25, -0.2) is 0 Å². The number of aliphatic hydroxyl groups is 1. The molecular weight excluding hydrogens is 152 g/mol. The predicted molar refractivity (Wildman–Crippen MR) is 48.0 cm³/mol. The number of aromatic nitrogens is 2. The molecule has 3 heteroatoms. The lowest BCUT2D eigenvalue weighted by atomic mass is 10.1. The highest BCUT2D eigenvalue weighted by molar-refractivity contribution is 5.15. The summed E-state index contributed by atoms with van der Waals surface area (Å²) in [5, 5.41) is 12.9. The Balaban J connectivity index is 2.66. The number of rotatable bonds is 4. The molecule has 0 saturated carbocycles. The molecule has 0 unspecified atom stereocenters. The van der Waals surface area contributed by atoms with Gasteiger partial charge in [0.15, 0.2) is 0 Å². The molecule has 0 aromatic carbocycles. The molecule has 68 valence electrons. The van der Waals surface area contributed by atoms with Crippen molar-refractivity contribution in [3.8, 4) is 0 Å². The fraction of sp³-hybridized carbons (Fsp3) is 0.667. The molecule has 0 spiro atoms. The van der Waals surface area contributed by atoms with Gasteiger partial charge in [-0.15, -0.1) is 0 Å². The lowest BCUT2D eigenvalue weighted by Gasteiger charge is -2.00. The zero-order valence-electron chi connectivity index (χ0n) is 7.75. The predicted octanol–water partition coefficient (Wildman–Crippen LogP) is 1.14. The Hall–Kier alpha value is -0.830. The summed E-state index contributed by atoms with van der Waals surface area (Å²) in [6, 6.07) is 0. The second-order valence-corrected chi connectivity index (χ2v) is 2.90. The first-order valence-electron chi connectivity index (χ1n) is 4.41. The molecule has 1 N–H and O–H groups in total. The molecule has 0 fully saturated rings. The van der Waals surface area contributed by atoms with E-state index in [9.17, 15) is 0 Å². The number of aliphatic hydroxyl groups excluding tert-OH is 1. The van der Waals surface area contributed by atoms with E-state index < -0.39 is 0 Å². The largest absolute Gasteiger partial charge is 0.396 e. The molecule has 0 radical (unpaired) electrons. The Bertz CT molecular complexity index is 243. The van der Waals surface area contributed by atoms with Gasteiger partial charge >= 0.3 is 0 Å². The van der Waals surface area contributed by atoms with Gasteiger partial charge in [-0.05, 0) is 32.3 Å². The van der Waals surface area contributed by atoms with Crippen molar-refractivity contribution < 1.29 is 5.11 Å². The molecule has 3 nitrogen and oxygen atoms in total. The molecule has 0 atom stereocenters. The normalized spacial score (nSPS) is 10.6. The molecule has 1 aromatic heterocycles. The number of hydrogen-bond donors (Lipinski definition) is 1. The maximum atomic E-state index is 8.66. The highest BCUT2D eigenvalue weighted by Crippen LogP contribution is 2.08. The molecular formula is C9H16N2O. The standard InChI is InChI=1S/C9H16N2O/c1-3-11-8(2)9(7-10-11)5-4-6-12/h7,12H,3-6H2,1-2H3. The van der Waals surface area contributed by atoms with E-state index in [1.54, 1.807) is 0 Å². The summed E-state index contributed by atoms with van der Waals surface area (Å²) in [4.78, 5) is 0. The summed E-state index contributed by atoms with van der Waals surface area (Å²) >= 11 is 0. The Morgan fingerprint density at radius 3 is 2.83 bits per heavy atom. The van der Waals surface area contributed by atoms with E-state index in [1.807, 2.05) is 10.9 Å². The average molecular weight is 168 g/mol. The summed E-state index contributed by atoms with van der Waals surface area (Å²) in [7, 11) is 0. The van der Waals surface area contributed by atoms with Crippen LogP contribution in [0, 0.1) is 6.92 Å². The zero-order valence-corrected chi connectivity index (χ0v) is 7.75. The van der Waals surface area contributed by atoms with Gasteiger partial charge in [0.1, 0.15) is 0 Å². The molecule has 0 amide bonds. The van der Waals surface area contributed by atoms with Gasteiger partial charge < -0.3 is 5.11 Å². The van der Waals surface area contributed by atoms with E-state index >= 15 is 0 Å². The van der Waals surface area contributed by atoms with Crippen molar-refractivity contribution in [2.45, 2.75) is 33.2 Å². The van der Waals surface area contributed by atoms with Crippen LogP contribution in [0.25, 0.3) is 0 Å². The van der Waals surface area contributed by atoms with Crippen molar-refractivity contribution >= 4 is 0 Å². The third-order valence-corrected chi connectivity index (χ3v) is 2.11. The molecule has 0 bridgehead atoms. The van der Waals surface area contributed by atoms with E-state index in [0.717, 1.165) is 19.4 Å². The quantitative estimate of drug-likeness (QED) is 0.732. The molecule has 0 aliphatic heterocycles. The van der Waals surface area contributed by atoms with Crippen molar-refractivity contribution in [2.75, 3.05) is 6.61 Å². The van der Waals surface area contributed by atoms with E-state index in [2.05, 4.69) is 18.9 Å². The van der Waals surface area contributed by atoms with E-state index in [1.165, 1.54) is 11.3 Å². The minimum atomic E-state index is 0.261. The summed E-state index contributed by atoms with van der Waals surface area (Å²) in [5.74, 6) is 0. The van der Waals surface area contributed by atoms with Crippen LogP contribution in [-0.2, 0) is 13.0 Å². The summed E-state index contributed by atoms with van der Waals surface area (Å²) in [5.41, 5.74) is 2.48. The van der Waals surface area contributed by atoms with Crippen LogP contribution in [0.2, 0.25) is 0 Å². The van der Waals surface area contributed by atoms with Crippen LogP contribution < -0.4 is 0 Å². The van der Waals surface area contributed by atoms with E-state index in [-0.39, 0.29) is 6.61 Å². The third kappa shape index (κ3) is 1.85. The maximum absolute atomic E-state index is 8.66. The Labute approximate surface area is 73.0 Å². The molecule has 1 heterocycles. The smallest absolute Gasteiger partial charge is 0.0524 e. The Kier molecular flexibility index (Phi) is 3.29. The summed E-state index contributed by atoms with van der Waals surface area (Å²) in [6.07, 6.45) is 3.66. The van der Waals surface area contributed by atoms with Gasteiger partial charge in [0.05, 0.1) is 6.20 Å². The molecule has 0 aliphatic carbocycles. The number of nitrogens with zero attached hydrogens (tertiary/aromatic N) is 2. The number of hydrogen-bond acceptors (Lipinski definition) is 2. The molecule has 12 heavy (non-hydrogen) atoms. The van der Waals surface area contributed by atoms with Crippen molar-refractivity contribution in [2.24, 2.45) is 0 Å². The first-order chi connectivity index (χ1) is 5.79. The molecule has 1 rings (SSSR count). The van der Waals surface area contributed by atoms with Crippen LogP contribution in [0.3, 0.4) is 0 Å². The van der Waals surface area contributed by atoms with Gasteiger partial charge in [0, 0.05) is 18.8 Å². The second kappa shape index (κ2) is 4.26. The molecule has 1 aromatic rings. The third-order valence-electron chi connectivity index (χ3n) is 2.11. The van der Waals surface area contributed by atoms with E-state index in [4.69, 9.17) is 5.11 Å². The van der Waals surface area contributed by atoms with Gasteiger partial charge in [0.25, 0.3) is 0 Å². The molecule has 0 saturated heterocycles. The first kappa shape index (κ1) is 9.26. The summed E-state index contributed by atoms with van der Waals surface area (Å²) in [6.45, 7) is 5.33. The lowest BCUT2D eigenvalue weighted by molar-refractivity contribution is 0.288. The fourth-order valence-electron chi connectivity index (χ4n) is 1.32. The van der Waals surface area contributed by atoms with Crippen LogP contribution in [0.1, 0.15) is 24.6 Å². The topological polar surface area (TPSA) is 38.0 Å². The minimum absolute atomic E-state index is 0.261. The number of aryl methyl sites for hydroxylation is 2. The van der Waals surface area contributed by atoms with Gasteiger partial charge in [0.2, 0.25) is 0 Å². The van der Waals surface area contributed by atoms with Crippen LogP contribution in [0.4, 0.5) is 0 Å². The van der Waals surface area contributed by atoms with Gasteiger partial charge in [-0.2, -0.15) is 5.10 Å². The van der Waals surface area contributed by atoms with Gasteiger partial charge in [-0.1, -0.05) is 0 Å². The summed E-state index contributed by atoms with van der Waals surface area (Å²) < 4.78 is 1.98. The fourth-order valence-corrected chi connectivity index (χ4v) is 1.32. The van der Waals surface area contributed by atoms with Gasteiger partial charge in [-0.3, -0.25) is 4.68 Å². The van der Waals surface area contributed by atoms with Crippen LogP contribution in [0.5, 0.6) is 0 Å². The minimum Gasteiger partial charge on any atom is -0.396 e. The zero-order chi connectivity index (χ0) is 8.97.